The van der Waals surface area contributed by atoms with Crippen LogP contribution in [0.2, 0.25) is 0 Å². The number of hydrogen-bond donors (Lipinski definition) is 0. The zero-order valence-corrected chi connectivity index (χ0v) is 17.3. The zero-order chi connectivity index (χ0) is 20.3. The molecule has 1 fully saturated rings. The maximum atomic E-state index is 13.0. The van der Waals surface area contributed by atoms with Crippen LogP contribution in [0.1, 0.15) is 27.0 Å². The average molecular weight is 403 g/mol. The van der Waals surface area contributed by atoms with E-state index >= 15 is 0 Å². The van der Waals surface area contributed by atoms with Gasteiger partial charge in [-0.25, -0.2) is 8.42 Å². The van der Waals surface area contributed by atoms with Crippen LogP contribution in [0.3, 0.4) is 0 Å². The predicted molar refractivity (Wildman–Crippen MR) is 108 cm³/mol. The van der Waals surface area contributed by atoms with Gasteiger partial charge in [-0.2, -0.15) is 4.31 Å². The fourth-order valence-electron chi connectivity index (χ4n) is 3.17. The summed E-state index contributed by atoms with van der Waals surface area (Å²) in [5.41, 5.74) is 3.34. The number of carbonyl (C=O) groups excluding carboxylic acids is 1. The molecule has 1 saturated heterocycles. The maximum Gasteiger partial charge on any atom is 0.254 e. The Labute approximate surface area is 166 Å². The van der Waals surface area contributed by atoms with Crippen LogP contribution in [-0.2, 0) is 21.3 Å². The number of morpholine rings is 1. The van der Waals surface area contributed by atoms with Crippen molar-refractivity contribution in [2.24, 2.45) is 0 Å². The van der Waals surface area contributed by atoms with Gasteiger partial charge in [0.25, 0.3) is 5.91 Å². The highest BCUT2D eigenvalue weighted by molar-refractivity contribution is 7.89. The third-order valence-corrected chi connectivity index (χ3v) is 6.83. The van der Waals surface area contributed by atoms with Crippen molar-refractivity contribution in [3.63, 3.8) is 0 Å². The van der Waals surface area contributed by atoms with E-state index in [1.165, 1.54) is 10.4 Å². The normalized spacial score (nSPS) is 15.4. The Morgan fingerprint density at radius 3 is 2.36 bits per heavy atom. The van der Waals surface area contributed by atoms with Crippen molar-refractivity contribution < 1.29 is 17.9 Å². The van der Waals surface area contributed by atoms with Crippen LogP contribution < -0.4 is 0 Å². The number of aryl methyl sites for hydroxylation is 2. The quantitative estimate of drug-likeness (QED) is 0.771. The topological polar surface area (TPSA) is 66.9 Å². The first-order chi connectivity index (χ1) is 13.3. The number of benzene rings is 2. The molecular weight excluding hydrogens is 376 g/mol. The van der Waals surface area contributed by atoms with Crippen molar-refractivity contribution >= 4 is 15.9 Å². The Morgan fingerprint density at radius 1 is 1.07 bits per heavy atom. The van der Waals surface area contributed by atoms with E-state index in [2.05, 4.69) is 0 Å². The van der Waals surface area contributed by atoms with Gasteiger partial charge in [-0.15, -0.1) is 0 Å². The first-order valence-corrected chi connectivity index (χ1v) is 10.7. The van der Waals surface area contributed by atoms with Gasteiger partial charge in [0, 0.05) is 32.2 Å². The molecule has 0 aliphatic carbocycles. The summed E-state index contributed by atoms with van der Waals surface area (Å²) in [5.74, 6) is -0.197. The van der Waals surface area contributed by atoms with Gasteiger partial charge >= 0.3 is 0 Å². The molecule has 0 unspecified atom stereocenters. The highest BCUT2D eigenvalue weighted by Gasteiger charge is 2.27. The van der Waals surface area contributed by atoms with Gasteiger partial charge in [-0.1, -0.05) is 35.9 Å². The fraction of sp³-hybridized carbons (Fsp3) is 0.381. The molecule has 150 valence electrons. The van der Waals surface area contributed by atoms with Gasteiger partial charge in [0.1, 0.15) is 0 Å². The molecule has 2 aromatic rings. The molecule has 6 nitrogen and oxygen atoms in total. The molecule has 0 atom stereocenters. The largest absolute Gasteiger partial charge is 0.379 e. The smallest absolute Gasteiger partial charge is 0.254 e. The van der Waals surface area contributed by atoms with E-state index in [9.17, 15) is 13.2 Å². The van der Waals surface area contributed by atoms with E-state index in [-0.39, 0.29) is 10.8 Å². The third kappa shape index (κ3) is 4.43. The van der Waals surface area contributed by atoms with Crippen LogP contribution in [0.25, 0.3) is 0 Å². The van der Waals surface area contributed by atoms with Crippen LogP contribution in [0.5, 0.6) is 0 Å². The van der Waals surface area contributed by atoms with Crippen molar-refractivity contribution in [2.45, 2.75) is 25.3 Å². The molecule has 1 heterocycles. The molecule has 0 aromatic heterocycles. The van der Waals surface area contributed by atoms with Crippen LogP contribution in [0, 0.1) is 13.8 Å². The molecule has 3 rings (SSSR count). The standard InChI is InChI=1S/C21H26N2O4S/c1-16-4-7-18(8-5-16)15-22(3)21(24)20-14-19(9-6-17(20)2)28(25,26)23-10-12-27-13-11-23/h4-9,14H,10-13,15H2,1-3H3. The first kappa shape index (κ1) is 20.5. The van der Waals surface area contributed by atoms with Gasteiger partial charge in [0.2, 0.25) is 10.0 Å². The minimum Gasteiger partial charge on any atom is -0.379 e. The number of carbonyl (C=O) groups is 1. The van der Waals surface area contributed by atoms with E-state index < -0.39 is 10.0 Å². The lowest BCUT2D eigenvalue weighted by molar-refractivity contribution is 0.0730. The summed E-state index contributed by atoms with van der Waals surface area (Å²) in [6.45, 7) is 5.71. The highest BCUT2D eigenvalue weighted by Crippen LogP contribution is 2.22. The van der Waals surface area contributed by atoms with Gasteiger partial charge < -0.3 is 9.64 Å². The first-order valence-electron chi connectivity index (χ1n) is 9.28. The summed E-state index contributed by atoms with van der Waals surface area (Å²) >= 11 is 0. The summed E-state index contributed by atoms with van der Waals surface area (Å²) in [5, 5.41) is 0. The zero-order valence-electron chi connectivity index (χ0n) is 16.5. The average Bonchev–Trinajstić information content (AvgIpc) is 2.70. The van der Waals surface area contributed by atoms with E-state index in [0.29, 0.717) is 38.4 Å². The van der Waals surface area contributed by atoms with E-state index in [1.807, 2.05) is 38.1 Å². The molecule has 7 heteroatoms. The number of rotatable bonds is 5. The molecule has 2 aromatic carbocycles. The van der Waals surface area contributed by atoms with Crippen molar-refractivity contribution in [3.8, 4) is 0 Å². The molecule has 0 spiro atoms. The van der Waals surface area contributed by atoms with Gasteiger partial charge in [0.05, 0.1) is 18.1 Å². The Hall–Kier alpha value is -2.22. The van der Waals surface area contributed by atoms with Crippen molar-refractivity contribution in [3.05, 3.63) is 64.7 Å². The summed E-state index contributed by atoms with van der Waals surface area (Å²) < 4.78 is 32.5. The van der Waals surface area contributed by atoms with E-state index in [1.54, 1.807) is 24.1 Å². The minimum atomic E-state index is -3.64. The lowest BCUT2D eigenvalue weighted by Crippen LogP contribution is -2.40. The lowest BCUT2D eigenvalue weighted by atomic mass is 10.1. The van der Waals surface area contributed by atoms with E-state index in [0.717, 1.165) is 16.7 Å². The number of nitrogens with zero attached hydrogens (tertiary/aromatic N) is 2. The van der Waals surface area contributed by atoms with Crippen molar-refractivity contribution in [1.82, 2.24) is 9.21 Å². The summed E-state index contributed by atoms with van der Waals surface area (Å²) in [6.07, 6.45) is 0. The molecule has 28 heavy (non-hydrogen) atoms. The lowest BCUT2D eigenvalue weighted by Gasteiger charge is -2.26. The Kier molecular flexibility index (Phi) is 6.17. The molecule has 0 bridgehead atoms. The van der Waals surface area contributed by atoms with Crippen LogP contribution in [0.15, 0.2) is 47.4 Å². The van der Waals surface area contributed by atoms with Crippen LogP contribution in [0.4, 0.5) is 0 Å². The Bertz CT molecular complexity index is 949. The Balaban J connectivity index is 1.84. The van der Waals surface area contributed by atoms with Crippen LogP contribution in [-0.4, -0.2) is 56.9 Å². The van der Waals surface area contributed by atoms with Gasteiger partial charge in [-0.05, 0) is 37.1 Å². The third-order valence-electron chi connectivity index (χ3n) is 4.93. The molecule has 0 saturated carbocycles. The SMILES string of the molecule is Cc1ccc(CN(C)C(=O)c2cc(S(=O)(=O)N3CCOCC3)ccc2C)cc1. The van der Waals surface area contributed by atoms with Crippen LogP contribution >= 0.6 is 0 Å². The van der Waals surface area contributed by atoms with Crippen molar-refractivity contribution in [1.29, 1.82) is 0 Å². The Morgan fingerprint density at radius 2 is 1.71 bits per heavy atom. The predicted octanol–water partition coefficient (Wildman–Crippen LogP) is 2.60. The molecule has 0 N–H and O–H groups in total. The second kappa shape index (κ2) is 8.43. The second-order valence-corrected chi connectivity index (χ2v) is 9.08. The van der Waals surface area contributed by atoms with Gasteiger partial charge in [0.15, 0.2) is 0 Å². The molecule has 1 aliphatic heterocycles. The molecule has 0 radical (unpaired) electrons. The molecule has 1 amide bonds. The maximum absolute atomic E-state index is 13.0. The fourth-order valence-corrected chi connectivity index (χ4v) is 4.61. The molecular formula is C21H26N2O4S. The summed E-state index contributed by atoms with van der Waals surface area (Å²) in [6, 6.07) is 12.8. The minimum absolute atomic E-state index is 0.145. The summed E-state index contributed by atoms with van der Waals surface area (Å²) in [4.78, 5) is 14.7. The number of ether oxygens (including phenoxy) is 1. The number of amides is 1. The monoisotopic (exact) mass is 402 g/mol. The molecule has 1 aliphatic rings. The summed E-state index contributed by atoms with van der Waals surface area (Å²) in [7, 11) is -1.91. The second-order valence-electron chi connectivity index (χ2n) is 7.14. The highest BCUT2D eigenvalue weighted by atomic mass is 32.2. The number of hydrogen-bond acceptors (Lipinski definition) is 4. The number of sulfonamides is 1. The van der Waals surface area contributed by atoms with Crippen molar-refractivity contribution in [2.75, 3.05) is 33.4 Å². The van der Waals surface area contributed by atoms with Gasteiger partial charge in [-0.3, -0.25) is 4.79 Å². The van der Waals surface area contributed by atoms with E-state index in [4.69, 9.17) is 4.74 Å².